The number of pyridine rings is 1. The van der Waals surface area contributed by atoms with Crippen molar-refractivity contribution >= 4 is 23.4 Å². The summed E-state index contributed by atoms with van der Waals surface area (Å²) >= 11 is 0. The number of carbonyl (C=O) groups is 2. The third-order valence-corrected chi connectivity index (χ3v) is 5.09. The van der Waals surface area contributed by atoms with E-state index in [-0.39, 0.29) is 23.2 Å². The van der Waals surface area contributed by atoms with E-state index < -0.39 is 11.9 Å². The minimum absolute atomic E-state index is 0.0598. The number of halogens is 1. The summed E-state index contributed by atoms with van der Waals surface area (Å²) < 4.78 is 14.3. The lowest BCUT2D eigenvalue weighted by Gasteiger charge is -2.38. The molecule has 9 heteroatoms. The van der Waals surface area contributed by atoms with Crippen molar-refractivity contribution in [3.8, 4) is 0 Å². The van der Waals surface area contributed by atoms with Gasteiger partial charge < -0.3 is 19.8 Å². The van der Waals surface area contributed by atoms with Gasteiger partial charge in [-0.15, -0.1) is 0 Å². The number of carboxylic acid groups (broad SMARTS) is 1. The molecule has 0 atom stereocenters. The number of hydrogen-bond acceptors (Lipinski definition) is 5. The van der Waals surface area contributed by atoms with Crippen molar-refractivity contribution in [3.63, 3.8) is 0 Å². The maximum absolute atomic E-state index is 14.3. The summed E-state index contributed by atoms with van der Waals surface area (Å²) in [4.78, 5) is 33.2. The molecule has 8 nitrogen and oxygen atoms in total. The second kappa shape index (κ2) is 7.86. The average Bonchev–Trinajstić information content (AvgIpc) is 2.62. The lowest BCUT2D eigenvalue weighted by molar-refractivity contribution is -0.137. The van der Waals surface area contributed by atoms with Crippen LogP contribution in [0.3, 0.4) is 0 Å². The van der Waals surface area contributed by atoms with Gasteiger partial charge in [0.2, 0.25) is 5.91 Å². The predicted molar refractivity (Wildman–Crippen MR) is 94.9 cm³/mol. The van der Waals surface area contributed by atoms with Crippen LogP contribution in [0.5, 0.6) is 0 Å². The van der Waals surface area contributed by atoms with Crippen LogP contribution in [0.2, 0.25) is 0 Å². The monoisotopic (exact) mass is 365 g/mol. The van der Waals surface area contributed by atoms with Gasteiger partial charge in [-0.05, 0) is 19.9 Å². The highest BCUT2D eigenvalue weighted by molar-refractivity contribution is 5.88. The van der Waals surface area contributed by atoms with E-state index in [4.69, 9.17) is 5.11 Å². The van der Waals surface area contributed by atoms with Gasteiger partial charge in [0, 0.05) is 45.2 Å². The molecule has 1 aromatic heterocycles. The average molecular weight is 365 g/mol. The van der Waals surface area contributed by atoms with Crippen LogP contribution in [0.1, 0.15) is 12.8 Å². The smallest absolute Gasteiger partial charge is 0.409 e. The Morgan fingerprint density at radius 3 is 2.42 bits per heavy atom. The lowest BCUT2D eigenvalue weighted by Crippen LogP contribution is -2.50. The van der Waals surface area contributed by atoms with Crippen LogP contribution in [-0.2, 0) is 4.79 Å². The van der Waals surface area contributed by atoms with E-state index in [0.717, 1.165) is 32.4 Å². The Morgan fingerprint density at radius 1 is 1.15 bits per heavy atom. The van der Waals surface area contributed by atoms with Gasteiger partial charge in [-0.3, -0.25) is 15.1 Å². The maximum atomic E-state index is 14.3. The molecule has 3 rings (SSSR count). The van der Waals surface area contributed by atoms with Crippen molar-refractivity contribution in [2.75, 3.05) is 56.5 Å². The number of anilines is 2. The number of amides is 2. The molecule has 2 aliphatic rings. The molecule has 0 saturated carbocycles. The van der Waals surface area contributed by atoms with Crippen LogP contribution in [-0.4, -0.2) is 78.2 Å². The number of hydrogen-bond donors (Lipinski definition) is 2. The molecule has 2 N–H and O–H groups in total. The summed E-state index contributed by atoms with van der Waals surface area (Å²) in [5.41, 5.74) is 0.328. The molecule has 0 unspecified atom stereocenters. The van der Waals surface area contributed by atoms with Gasteiger partial charge in [-0.1, -0.05) is 0 Å². The quantitative estimate of drug-likeness (QED) is 0.839. The highest BCUT2D eigenvalue weighted by Crippen LogP contribution is 2.32. The van der Waals surface area contributed by atoms with Gasteiger partial charge in [0.25, 0.3) is 0 Å². The fraction of sp³-hybridized carbons (Fsp3) is 0.588. The number of aromatic nitrogens is 1. The summed E-state index contributed by atoms with van der Waals surface area (Å²) in [5, 5.41) is 11.1. The van der Waals surface area contributed by atoms with Gasteiger partial charge in [0.15, 0.2) is 5.82 Å². The molecule has 2 aliphatic heterocycles. The topological polar surface area (TPSA) is 89.0 Å². The van der Waals surface area contributed by atoms with Crippen molar-refractivity contribution in [3.05, 3.63) is 18.2 Å². The molecule has 2 fully saturated rings. The Bertz CT molecular complexity index is 670. The van der Waals surface area contributed by atoms with Crippen LogP contribution in [0.15, 0.2) is 12.4 Å². The van der Waals surface area contributed by atoms with E-state index in [1.165, 1.54) is 6.20 Å². The Morgan fingerprint density at radius 2 is 1.81 bits per heavy atom. The van der Waals surface area contributed by atoms with Crippen LogP contribution in [0.4, 0.5) is 20.6 Å². The van der Waals surface area contributed by atoms with Gasteiger partial charge in [0.1, 0.15) is 5.69 Å². The molecule has 1 aromatic rings. The summed E-state index contributed by atoms with van der Waals surface area (Å²) in [5.74, 6) is -0.452. The molecule has 2 saturated heterocycles. The van der Waals surface area contributed by atoms with Crippen LogP contribution >= 0.6 is 0 Å². The van der Waals surface area contributed by atoms with E-state index in [1.807, 2.05) is 11.9 Å². The number of nitrogens with one attached hydrogen (secondary N) is 1. The summed E-state index contributed by atoms with van der Waals surface area (Å²) in [6.45, 7) is 4.27. The number of nitrogens with zero attached hydrogens (tertiary/aromatic N) is 4. The molecule has 0 aromatic carbocycles. The van der Waals surface area contributed by atoms with Crippen LogP contribution < -0.4 is 10.2 Å². The molecular weight excluding hydrogens is 341 g/mol. The molecular formula is C17H24FN5O3. The number of rotatable bonds is 3. The minimum atomic E-state index is -1.27. The SMILES string of the molecule is CN1CCN(C(=O)C2CCN(c3c(F)cncc3NC(=O)O)CC2)CC1. The highest BCUT2D eigenvalue weighted by Gasteiger charge is 2.31. The van der Waals surface area contributed by atoms with E-state index in [9.17, 15) is 14.0 Å². The van der Waals surface area contributed by atoms with E-state index in [2.05, 4.69) is 15.2 Å². The zero-order valence-electron chi connectivity index (χ0n) is 14.8. The number of likely N-dealkylation sites (N-methyl/N-ethyl adjacent to an activating group) is 1. The molecule has 0 radical (unpaired) electrons. The molecule has 0 bridgehead atoms. The Hall–Kier alpha value is -2.42. The maximum Gasteiger partial charge on any atom is 0.409 e. The molecule has 2 amide bonds. The standard InChI is InChI=1S/C17H24FN5O3/c1-21-6-8-23(9-7-21)16(24)12-2-4-22(5-3-12)15-13(18)10-19-11-14(15)20-17(25)26/h10-12,20H,2-9H2,1H3,(H,25,26). The van der Waals surface area contributed by atoms with E-state index in [0.29, 0.717) is 25.9 Å². The van der Waals surface area contributed by atoms with Crippen molar-refractivity contribution in [1.29, 1.82) is 0 Å². The normalized spacial score (nSPS) is 19.5. The van der Waals surface area contributed by atoms with E-state index in [1.54, 1.807) is 4.90 Å². The second-order valence-electron chi connectivity index (χ2n) is 6.84. The van der Waals surface area contributed by atoms with Crippen molar-refractivity contribution < 1.29 is 19.1 Å². The molecule has 3 heterocycles. The van der Waals surface area contributed by atoms with Crippen molar-refractivity contribution in [1.82, 2.24) is 14.8 Å². The Kier molecular flexibility index (Phi) is 5.55. The zero-order chi connectivity index (χ0) is 18.7. The van der Waals surface area contributed by atoms with Crippen molar-refractivity contribution in [2.45, 2.75) is 12.8 Å². The zero-order valence-corrected chi connectivity index (χ0v) is 14.8. The Balaban J connectivity index is 1.64. The molecule has 0 spiro atoms. The van der Waals surface area contributed by atoms with Gasteiger partial charge in [-0.25, -0.2) is 9.18 Å². The van der Waals surface area contributed by atoms with E-state index >= 15 is 0 Å². The number of piperidine rings is 1. The van der Waals surface area contributed by atoms with Crippen LogP contribution in [0.25, 0.3) is 0 Å². The fourth-order valence-corrected chi connectivity index (χ4v) is 3.59. The molecule has 0 aliphatic carbocycles. The fourth-order valence-electron chi connectivity index (χ4n) is 3.59. The summed E-state index contributed by atoms with van der Waals surface area (Å²) in [7, 11) is 2.05. The first-order chi connectivity index (χ1) is 12.5. The van der Waals surface area contributed by atoms with Crippen molar-refractivity contribution in [2.24, 2.45) is 5.92 Å². The first kappa shape index (κ1) is 18.4. The van der Waals surface area contributed by atoms with Gasteiger partial charge in [-0.2, -0.15) is 0 Å². The third kappa shape index (κ3) is 4.04. The third-order valence-electron chi connectivity index (χ3n) is 5.09. The first-order valence-corrected chi connectivity index (χ1v) is 8.81. The predicted octanol–water partition coefficient (Wildman–Crippen LogP) is 1.30. The lowest BCUT2D eigenvalue weighted by atomic mass is 9.94. The number of piperazine rings is 1. The largest absolute Gasteiger partial charge is 0.465 e. The van der Waals surface area contributed by atoms with Gasteiger partial charge >= 0.3 is 6.09 Å². The molecule has 142 valence electrons. The highest BCUT2D eigenvalue weighted by atomic mass is 19.1. The minimum Gasteiger partial charge on any atom is -0.465 e. The number of carbonyl (C=O) groups excluding carboxylic acids is 1. The summed E-state index contributed by atoms with van der Waals surface area (Å²) in [6.07, 6.45) is 2.36. The first-order valence-electron chi connectivity index (χ1n) is 8.81. The van der Waals surface area contributed by atoms with Gasteiger partial charge in [0.05, 0.1) is 18.1 Å². The summed E-state index contributed by atoms with van der Waals surface area (Å²) in [6, 6.07) is 0. The van der Waals surface area contributed by atoms with Crippen LogP contribution in [0, 0.1) is 11.7 Å². The second-order valence-corrected chi connectivity index (χ2v) is 6.84. The Labute approximate surface area is 151 Å². The molecule has 26 heavy (non-hydrogen) atoms.